The first-order chi connectivity index (χ1) is 8.27. The van der Waals surface area contributed by atoms with Crippen LogP contribution < -0.4 is 10.6 Å². The molecule has 0 fully saturated rings. The second-order valence-corrected chi connectivity index (χ2v) is 4.56. The molecule has 18 heavy (non-hydrogen) atoms. The molecule has 0 heterocycles. The molecule has 0 amide bonds. The second kappa shape index (κ2) is 5.50. The first-order valence-corrected chi connectivity index (χ1v) is 6.00. The molecule has 0 spiro atoms. The lowest BCUT2D eigenvalue weighted by Crippen LogP contribution is -2.31. The molecule has 5 heteroatoms. The van der Waals surface area contributed by atoms with Crippen molar-refractivity contribution in [1.29, 1.82) is 0 Å². The number of benzene rings is 1. The third kappa shape index (κ3) is 3.31. The van der Waals surface area contributed by atoms with E-state index in [9.17, 15) is 13.2 Å². The van der Waals surface area contributed by atoms with E-state index in [-0.39, 0.29) is 11.7 Å². The monoisotopic (exact) mass is 260 g/mol. The SMILES string of the molecule is CCCN(c1ccc(N)c(C(F)(F)F)c1)C(C)C. The molecule has 0 aliphatic carbocycles. The van der Waals surface area contributed by atoms with Gasteiger partial charge in [-0.3, -0.25) is 0 Å². The highest BCUT2D eigenvalue weighted by atomic mass is 19.4. The van der Waals surface area contributed by atoms with Crippen molar-refractivity contribution < 1.29 is 13.2 Å². The second-order valence-electron chi connectivity index (χ2n) is 4.56. The third-order valence-corrected chi connectivity index (χ3v) is 2.76. The zero-order chi connectivity index (χ0) is 13.9. The molecule has 1 aromatic carbocycles. The van der Waals surface area contributed by atoms with E-state index in [1.807, 2.05) is 25.7 Å². The highest BCUT2D eigenvalue weighted by Crippen LogP contribution is 2.36. The Balaban J connectivity index is 3.18. The number of alkyl halides is 3. The lowest BCUT2D eigenvalue weighted by Gasteiger charge is -2.29. The van der Waals surface area contributed by atoms with E-state index in [2.05, 4.69) is 0 Å². The van der Waals surface area contributed by atoms with Crippen molar-refractivity contribution in [2.24, 2.45) is 0 Å². The molecule has 0 aliphatic heterocycles. The summed E-state index contributed by atoms with van der Waals surface area (Å²) < 4.78 is 38.3. The molecule has 0 unspecified atom stereocenters. The van der Waals surface area contributed by atoms with E-state index in [1.165, 1.54) is 6.07 Å². The maximum atomic E-state index is 12.8. The van der Waals surface area contributed by atoms with E-state index < -0.39 is 11.7 Å². The molecule has 0 bridgehead atoms. The van der Waals surface area contributed by atoms with Gasteiger partial charge in [0.15, 0.2) is 0 Å². The van der Waals surface area contributed by atoms with Crippen molar-refractivity contribution in [3.05, 3.63) is 23.8 Å². The van der Waals surface area contributed by atoms with Crippen LogP contribution in [0, 0.1) is 0 Å². The molecule has 0 saturated carbocycles. The minimum atomic E-state index is -4.41. The number of halogens is 3. The Kier molecular flexibility index (Phi) is 4.48. The first kappa shape index (κ1) is 14.7. The van der Waals surface area contributed by atoms with Crippen molar-refractivity contribution in [1.82, 2.24) is 0 Å². The molecule has 1 aromatic rings. The number of nitrogen functional groups attached to an aromatic ring is 1. The Morgan fingerprint density at radius 1 is 1.28 bits per heavy atom. The van der Waals surface area contributed by atoms with Crippen LogP contribution in [0.5, 0.6) is 0 Å². The number of nitrogens with two attached hydrogens (primary N) is 1. The Bertz CT molecular complexity index is 400. The molecule has 102 valence electrons. The summed E-state index contributed by atoms with van der Waals surface area (Å²) in [6.45, 7) is 6.63. The van der Waals surface area contributed by atoms with E-state index >= 15 is 0 Å². The summed E-state index contributed by atoms with van der Waals surface area (Å²) in [4.78, 5) is 1.94. The van der Waals surface area contributed by atoms with Gasteiger partial charge in [0.25, 0.3) is 0 Å². The Hall–Kier alpha value is -1.39. The minimum Gasteiger partial charge on any atom is -0.398 e. The van der Waals surface area contributed by atoms with Gasteiger partial charge in [-0.2, -0.15) is 13.2 Å². The summed E-state index contributed by atoms with van der Waals surface area (Å²) in [7, 11) is 0. The van der Waals surface area contributed by atoms with Crippen LogP contribution in [0.3, 0.4) is 0 Å². The number of anilines is 2. The maximum absolute atomic E-state index is 12.8. The fraction of sp³-hybridized carbons (Fsp3) is 0.538. The quantitative estimate of drug-likeness (QED) is 0.831. The fourth-order valence-corrected chi connectivity index (χ4v) is 1.89. The number of hydrogen-bond acceptors (Lipinski definition) is 2. The fourth-order valence-electron chi connectivity index (χ4n) is 1.89. The van der Waals surface area contributed by atoms with Gasteiger partial charge in [0.2, 0.25) is 0 Å². The highest BCUT2D eigenvalue weighted by molar-refractivity contribution is 5.59. The van der Waals surface area contributed by atoms with E-state index in [0.717, 1.165) is 19.0 Å². The standard InChI is InChI=1S/C13H19F3N2/c1-4-7-18(9(2)3)10-5-6-12(17)11(8-10)13(14,15)16/h5-6,8-9H,4,7,17H2,1-3H3. The average Bonchev–Trinajstić information content (AvgIpc) is 2.25. The van der Waals surface area contributed by atoms with Gasteiger partial charge >= 0.3 is 6.18 Å². The van der Waals surface area contributed by atoms with Gasteiger partial charge in [0, 0.05) is 24.0 Å². The van der Waals surface area contributed by atoms with Gasteiger partial charge in [-0.15, -0.1) is 0 Å². The van der Waals surface area contributed by atoms with E-state index in [4.69, 9.17) is 5.73 Å². The van der Waals surface area contributed by atoms with Crippen molar-refractivity contribution in [2.75, 3.05) is 17.2 Å². The zero-order valence-electron chi connectivity index (χ0n) is 10.9. The van der Waals surface area contributed by atoms with Crippen LogP contribution in [0.25, 0.3) is 0 Å². The molecular weight excluding hydrogens is 241 g/mol. The molecule has 2 N–H and O–H groups in total. The first-order valence-electron chi connectivity index (χ1n) is 6.00. The molecule has 0 atom stereocenters. The molecule has 2 nitrogen and oxygen atoms in total. The maximum Gasteiger partial charge on any atom is 0.418 e. The number of nitrogens with zero attached hydrogens (tertiary/aromatic N) is 1. The Morgan fingerprint density at radius 3 is 2.33 bits per heavy atom. The van der Waals surface area contributed by atoms with Crippen LogP contribution >= 0.6 is 0 Å². The highest BCUT2D eigenvalue weighted by Gasteiger charge is 2.33. The Morgan fingerprint density at radius 2 is 1.89 bits per heavy atom. The van der Waals surface area contributed by atoms with Crippen molar-refractivity contribution in [2.45, 2.75) is 39.4 Å². The molecule has 0 aliphatic rings. The topological polar surface area (TPSA) is 29.3 Å². The minimum absolute atomic E-state index is 0.148. The van der Waals surface area contributed by atoms with Crippen LogP contribution in [0.2, 0.25) is 0 Å². The molecule has 0 radical (unpaired) electrons. The van der Waals surface area contributed by atoms with Crippen molar-refractivity contribution in [3.63, 3.8) is 0 Å². The molecule has 0 saturated heterocycles. The number of hydrogen-bond donors (Lipinski definition) is 1. The summed E-state index contributed by atoms with van der Waals surface area (Å²) >= 11 is 0. The third-order valence-electron chi connectivity index (χ3n) is 2.76. The molecular formula is C13H19F3N2. The smallest absolute Gasteiger partial charge is 0.398 e. The van der Waals surface area contributed by atoms with E-state index in [1.54, 1.807) is 6.07 Å². The normalized spacial score (nSPS) is 11.9. The van der Waals surface area contributed by atoms with Gasteiger partial charge in [0.1, 0.15) is 0 Å². The van der Waals surface area contributed by atoms with Gasteiger partial charge < -0.3 is 10.6 Å². The summed E-state index contributed by atoms with van der Waals surface area (Å²) in [6, 6.07) is 4.24. The lowest BCUT2D eigenvalue weighted by atomic mass is 10.1. The lowest BCUT2D eigenvalue weighted by molar-refractivity contribution is -0.136. The van der Waals surface area contributed by atoms with Gasteiger partial charge in [-0.25, -0.2) is 0 Å². The van der Waals surface area contributed by atoms with Crippen LogP contribution in [0.15, 0.2) is 18.2 Å². The molecule has 1 rings (SSSR count). The van der Waals surface area contributed by atoms with E-state index in [0.29, 0.717) is 5.69 Å². The summed E-state index contributed by atoms with van der Waals surface area (Å²) in [5.41, 5.74) is 4.96. The summed E-state index contributed by atoms with van der Waals surface area (Å²) in [6.07, 6.45) is -3.53. The Labute approximate surface area is 106 Å². The molecule has 0 aromatic heterocycles. The van der Waals surface area contributed by atoms with Gasteiger partial charge in [0.05, 0.1) is 5.56 Å². The van der Waals surface area contributed by atoms with Crippen LogP contribution in [0.4, 0.5) is 24.5 Å². The zero-order valence-corrected chi connectivity index (χ0v) is 10.9. The number of rotatable bonds is 4. The predicted molar refractivity (Wildman–Crippen MR) is 68.6 cm³/mol. The summed E-state index contributed by atoms with van der Waals surface area (Å²) in [5, 5.41) is 0. The van der Waals surface area contributed by atoms with Crippen molar-refractivity contribution >= 4 is 11.4 Å². The van der Waals surface area contributed by atoms with Crippen LogP contribution in [0.1, 0.15) is 32.8 Å². The van der Waals surface area contributed by atoms with Crippen LogP contribution in [-0.4, -0.2) is 12.6 Å². The summed E-state index contributed by atoms with van der Waals surface area (Å²) in [5.74, 6) is 0. The van der Waals surface area contributed by atoms with Crippen molar-refractivity contribution in [3.8, 4) is 0 Å². The van der Waals surface area contributed by atoms with Crippen LogP contribution in [-0.2, 0) is 6.18 Å². The van der Waals surface area contributed by atoms with Gasteiger partial charge in [-0.1, -0.05) is 6.92 Å². The predicted octanol–water partition coefficient (Wildman–Crippen LogP) is 3.91. The average molecular weight is 260 g/mol. The van der Waals surface area contributed by atoms with Gasteiger partial charge in [-0.05, 0) is 38.5 Å². The largest absolute Gasteiger partial charge is 0.418 e.